The lowest BCUT2D eigenvalue weighted by atomic mass is 10.0. The topological polar surface area (TPSA) is 122 Å². The van der Waals surface area contributed by atoms with Crippen LogP contribution in [-0.4, -0.2) is 49.8 Å². The molecule has 0 amide bonds. The van der Waals surface area contributed by atoms with Crippen molar-refractivity contribution in [1.82, 2.24) is 5.32 Å². The highest BCUT2D eigenvalue weighted by atomic mass is 32.2. The van der Waals surface area contributed by atoms with Gasteiger partial charge in [-0.3, -0.25) is 4.55 Å². The molecule has 1 rings (SSSR count). The molecule has 0 aromatic heterocycles. The maximum absolute atomic E-state index is 10.6. The number of methoxy groups -OCH3 is 1. The number of hydrogen-bond donors (Lipinski definition) is 4. The molecule has 7 nitrogen and oxygen atoms in total. The Balaban J connectivity index is 2.53. The zero-order valence-electron chi connectivity index (χ0n) is 11.9. The number of anilines is 1. The molecule has 0 saturated carbocycles. The molecule has 0 spiro atoms. The smallest absolute Gasteiger partial charge is 0.264 e. The third kappa shape index (κ3) is 7.39. The summed E-state index contributed by atoms with van der Waals surface area (Å²) < 4.78 is 34.8. The third-order valence-corrected chi connectivity index (χ3v) is 3.81. The number of benzene rings is 1. The lowest BCUT2D eigenvalue weighted by molar-refractivity contribution is -0.0966. The summed E-state index contributed by atoms with van der Waals surface area (Å²) in [4.78, 5) is 0. The third-order valence-electron chi connectivity index (χ3n) is 3.01. The van der Waals surface area contributed by atoms with E-state index < -0.39 is 16.4 Å². The Morgan fingerprint density at radius 2 is 1.95 bits per heavy atom. The zero-order chi connectivity index (χ0) is 15.9. The van der Waals surface area contributed by atoms with Crippen LogP contribution in [0.4, 0.5) is 5.69 Å². The first-order chi connectivity index (χ1) is 9.81. The number of nitrogens with one attached hydrogen (secondary N) is 1. The van der Waals surface area contributed by atoms with Crippen LogP contribution in [0.25, 0.3) is 0 Å². The fourth-order valence-electron chi connectivity index (χ4n) is 1.89. The van der Waals surface area contributed by atoms with Gasteiger partial charge in [-0.25, -0.2) is 0 Å². The molecule has 5 N–H and O–H groups in total. The minimum atomic E-state index is -3.96. The van der Waals surface area contributed by atoms with Gasteiger partial charge in [0.15, 0.2) is 6.29 Å². The SMILES string of the molecule is COC(O)[C@@H](Cc1ccc(N)cc1)NCCCS(=O)(=O)O. The van der Waals surface area contributed by atoms with E-state index >= 15 is 0 Å². The summed E-state index contributed by atoms with van der Waals surface area (Å²) in [5.74, 6) is -0.322. The molecule has 1 unspecified atom stereocenters. The van der Waals surface area contributed by atoms with Gasteiger partial charge >= 0.3 is 0 Å². The molecule has 0 aliphatic rings. The molecule has 0 aliphatic heterocycles. The second-order valence-corrected chi connectivity index (χ2v) is 6.34. The van der Waals surface area contributed by atoms with Gasteiger partial charge < -0.3 is 20.9 Å². The normalized spacial score (nSPS) is 14.8. The van der Waals surface area contributed by atoms with E-state index in [0.29, 0.717) is 18.7 Å². The van der Waals surface area contributed by atoms with Gasteiger partial charge in [0.1, 0.15) is 0 Å². The van der Waals surface area contributed by atoms with Crippen LogP contribution >= 0.6 is 0 Å². The molecule has 120 valence electrons. The molecule has 0 heterocycles. The Kier molecular flexibility index (Phi) is 7.06. The zero-order valence-corrected chi connectivity index (χ0v) is 12.7. The Bertz CT molecular complexity index is 518. The second kappa shape index (κ2) is 8.30. The molecular formula is C13H22N2O5S. The van der Waals surface area contributed by atoms with Crippen molar-refractivity contribution in [2.75, 3.05) is 25.1 Å². The van der Waals surface area contributed by atoms with Gasteiger partial charge in [-0.15, -0.1) is 0 Å². The highest BCUT2D eigenvalue weighted by Crippen LogP contribution is 2.10. The van der Waals surface area contributed by atoms with E-state index in [1.54, 1.807) is 12.1 Å². The fraction of sp³-hybridized carbons (Fsp3) is 0.538. The number of hydrogen-bond acceptors (Lipinski definition) is 6. The molecule has 21 heavy (non-hydrogen) atoms. The highest BCUT2D eigenvalue weighted by Gasteiger charge is 2.18. The van der Waals surface area contributed by atoms with Crippen molar-refractivity contribution in [3.8, 4) is 0 Å². The fourth-order valence-corrected chi connectivity index (χ4v) is 2.40. The van der Waals surface area contributed by atoms with Gasteiger partial charge in [0.05, 0.1) is 11.8 Å². The first kappa shape index (κ1) is 17.9. The number of aliphatic hydroxyl groups is 1. The lowest BCUT2D eigenvalue weighted by Crippen LogP contribution is -2.43. The van der Waals surface area contributed by atoms with E-state index in [1.165, 1.54) is 7.11 Å². The molecule has 0 aliphatic carbocycles. The summed E-state index contributed by atoms with van der Waals surface area (Å²) in [7, 11) is -2.57. The first-order valence-corrected chi connectivity index (χ1v) is 8.16. The summed E-state index contributed by atoms with van der Waals surface area (Å²) in [5.41, 5.74) is 7.23. The molecule has 0 radical (unpaired) electrons. The van der Waals surface area contributed by atoms with Gasteiger partial charge in [0.2, 0.25) is 0 Å². The predicted molar refractivity (Wildman–Crippen MR) is 80.4 cm³/mol. The number of ether oxygens (including phenoxy) is 1. The molecule has 1 aromatic carbocycles. The maximum Gasteiger partial charge on any atom is 0.264 e. The Morgan fingerprint density at radius 3 is 2.48 bits per heavy atom. The molecule has 0 bridgehead atoms. The van der Waals surface area contributed by atoms with Gasteiger partial charge in [0, 0.05) is 12.8 Å². The van der Waals surface area contributed by atoms with Crippen molar-refractivity contribution in [3.63, 3.8) is 0 Å². The van der Waals surface area contributed by atoms with Crippen LogP contribution in [0.2, 0.25) is 0 Å². The van der Waals surface area contributed by atoms with Gasteiger partial charge in [-0.2, -0.15) is 8.42 Å². The van der Waals surface area contributed by atoms with E-state index in [2.05, 4.69) is 5.32 Å². The van der Waals surface area contributed by atoms with E-state index in [-0.39, 0.29) is 18.2 Å². The lowest BCUT2D eigenvalue weighted by Gasteiger charge is -2.23. The number of rotatable bonds is 9. The van der Waals surface area contributed by atoms with E-state index in [1.807, 2.05) is 12.1 Å². The monoisotopic (exact) mass is 318 g/mol. The van der Waals surface area contributed by atoms with Crippen molar-refractivity contribution >= 4 is 15.8 Å². The largest absolute Gasteiger partial charge is 0.399 e. The maximum atomic E-state index is 10.6. The summed E-state index contributed by atoms with van der Waals surface area (Å²) >= 11 is 0. The van der Waals surface area contributed by atoms with Gasteiger partial charge in [-0.05, 0) is 37.1 Å². The summed E-state index contributed by atoms with van der Waals surface area (Å²) in [6.45, 7) is 0.333. The minimum absolute atomic E-state index is 0.244. The minimum Gasteiger partial charge on any atom is -0.399 e. The second-order valence-electron chi connectivity index (χ2n) is 4.77. The molecule has 8 heteroatoms. The Labute approximate surface area is 124 Å². The van der Waals surface area contributed by atoms with Gasteiger partial charge in [-0.1, -0.05) is 12.1 Å². The highest BCUT2D eigenvalue weighted by molar-refractivity contribution is 7.85. The van der Waals surface area contributed by atoms with Crippen LogP contribution in [0, 0.1) is 0 Å². The summed E-state index contributed by atoms with van der Waals surface area (Å²) in [5, 5.41) is 12.8. The summed E-state index contributed by atoms with van der Waals surface area (Å²) in [6, 6.07) is 6.85. The number of nitrogens with two attached hydrogens (primary N) is 1. The average Bonchev–Trinajstić information content (AvgIpc) is 2.42. The predicted octanol–water partition coefficient (Wildman–Crippen LogP) is 0.0122. The van der Waals surface area contributed by atoms with Crippen molar-refractivity contribution < 1.29 is 22.8 Å². The van der Waals surface area contributed by atoms with Crippen LogP contribution in [0.3, 0.4) is 0 Å². The van der Waals surface area contributed by atoms with Gasteiger partial charge in [0.25, 0.3) is 10.1 Å². The quantitative estimate of drug-likeness (QED) is 0.219. The number of aliphatic hydroxyl groups excluding tert-OH is 1. The van der Waals surface area contributed by atoms with Crippen molar-refractivity contribution in [1.29, 1.82) is 0 Å². The van der Waals surface area contributed by atoms with E-state index in [0.717, 1.165) is 5.56 Å². The Morgan fingerprint density at radius 1 is 1.33 bits per heavy atom. The Hall–Kier alpha value is -1.19. The van der Waals surface area contributed by atoms with Crippen LogP contribution in [0.5, 0.6) is 0 Å². The van der Waals surface area contributed by atoms with Crippen molar-refractivity contribution in [3.05, 3.63) is 29.8 Å². The van der Waals surface area contributed by atoms with Crippen LogP contribution < -0.4 is 11.1 Å². The molecule has 2 atom stereocenters. The molecule has 1 aromatic rings. The van der Waals surface area contributed by atoms with Crippen LogP contribution in [0.1, 0.15) is 12.0 Å². The van der Waals surface area contributed by atoms with Crippen LogP contribution in [0.15, 0.2) is 24.3 Å². The average molecular weight is 318 g/mol. The van der Waals surface area contributed by atoms with Crippen molar-refractivity contribution in [2.24, 2.45) is 0 Å². The molecule has 0 saturated heterocycles. The standard InChI is InChI=1S/C13H22N2O5S/c1-20-13(16)12(15-7-2-8-21(17,18)19)9-10-3-5-11(14)6-4-10/h3-6,12-13,15-16H,2,7-9,14H2,1H3,(H,17,18,19)/t12-,13?/m1/s1. The number of nitrogen functional groups attached to an aromatic ring is 1. The molecule has 0 fully saturated rings. The molecular weight excluding hydrogens is 296 g/mol. The van der Waals surface area contributed by atoms with E-state index in [9.17, 15) is 13.5 Å². The van der Waals surface area contributed by atoms with E-state index in [4.69, 9.17) is 15.0 Å². The van der Waals surface area contributed by atoms with Crippen molar-refractivity contribution in [2.45, 2.75) is 25.2 Å². The van der Waals surface area contributed by atoms with Crippen LogP contribution in [-0.2, 0) is 21.3 Å². The first-order valence-electron chi connectivity index (χ1n) is 6.55. The summed E-state index contributed by atoms with van der Waals surface area (Å²) in [6.07, 6.45) is -0.275.